The Morgan fingerprint density at radius 1 is 1.59 bits per heavy atom. The number of ether oxygens (including phenoxy) is 2. The van der Waals surface area contributed by atoms with Crippen LogP contribution in [-0.2, 0) is 19.1 Å². The van der Waals surface area contributed by atoms with E-state index in [-0.39, 0.29) is 38.4 Å². The van der Waals surface area contributed by atoms with Crippen molar-refractivity contribution in [3.8, 4) is 0 Å². The Morgan fingerprint density at radius 3 is 3.18 bits per heavy atom. The topological polar surface area (TPSA) is 167 Å². The molecule has 0 aromatic rings. The molecule has 0 saturated heterocycles. The highest BCUT2D eigenvalue weighted by Gasteiger charge is 2.39. The van der Waals surface area contributed by atoms with E-state index in [4.69, 9.17) is 20.7 Å². The number of guanidine groups is 1. The predicted octanol–water partition coefficient (Wildman–Crippen LogP) is -1.70. The largest absolute Gasteiger partial charge is 0.463 e. The summed E-state index contributed by atoms with van der Waals surface area (Å²) in [5.41, 5.74) is 13.5. The first-order valence-corrected chi connectivity index (χ1v) is 6.29. The SMILES string of the molecule is [N-]=[N+]=NCC(=O)OCCOCN1C=NC2C(=O)NC(N)=NC21. The normalized spacial score (nSPS) is 22.5. The molecule has 0 aromatic heterocycles. The predicted molar refractivity (Wildman–Crippen MR) is 73.5 cm³/mol. The van der Waals surface area contributed by atoms with Crippen molar-refractivity contribution < 1.29 is 19.1 Å². The molecular formula is C10H14N8O4. The summed E-state index contributed by atoms with van der Waals surface area (Å²) in [5, 5.41) is 5.46. The van der Waals surface area contributed by atoms with Gasteiger partial charge >= 0.3 is 5.97 Å². The molecule has 0 aliphatic carbocycles. The zero-order valence-electron chi connectivity index (χ0n) is 11.5. The molecule has 2 atom stereocenters. The minimum absolute atomic E-state index is 0.0186. The summed E-state index contributed by atoms with van der Waals surface area (Å²) in [6.45, 7) is -0.0926. The molecule has 2 aliphatic rings. The van der Waals surface area contributed by atoms with E-state index in [0.717, 1.165) is 0 Å². The Kier molecular flexibility index (Phi) is 5.11. The number of carbonyl (C=O) groups is 2. The van der Waals surface area contributed by atoms with E-state index in [1.54, 1.807) is 4.90 Å². The highest BCUT2D eigenvalue weighted by molar-refractivity contribution is 6.02. The smallest absolute Gasteiger partial charge is 0.311 e. The van der Waals surface area contributed by atoms with Crippen molar-refractivity contribution in [1.29, 1.82) is 0 Å². The lowest BCUT2D eigenvalue weighted by Gasteiger charge is -2.27. The van der Waals surface area contributed by atoms with Gasteiger partial charge in [-0.25, -0.2) is 4.99 Å². The van der Waals surface area contributed by atoms with Crippen molar-refractivity contribution in [2.45, 2.75) is 12.2 Å². The Morgan fingerprint density at radius 2 is 2.41 bits per heavy atom. The minimum atomic E-state index is -0.641. The number of rotatable bonds is 7. The maximum absolute atomic E-state index is 11.6. The maximum Gasteiger partial charge on any atom is 0.311 e. The summed E-state index contributed by atoms with van der Waals surface area (Å²) >= 11 is 0. The van der Waals surface area contributed by atoms with Gasteiger partial charge in [0.15, 0.2) is 18.2 Å². The van der Waals surface area contributed by atoms with Gasteiger partial charge in [-0.2, -0.15) is 0 Å². The van der Waals surface area contributed by atoms with Crippen LogP contribution in [0.4, 0.5) is 0 Å². The van der Waals surface area contributed by atoms with Gasteiger partial charge in [0.1, 0.15) is 19.9 Å². The van der Waals surface area contributed by atoms with Gasteiger partial charge in [-0.05, 0) is 5.53 Å². The van der Waals surface area contributed by atoms with E-state index < -0.39 is 18.2 Å². The first-order valence-electron chi connectivity index (χ1n) is 6.29. The van der Waals surface area contributed by atoms with Crippen molar-refractivity contribution in [1.82, 2.24) is 10.2 Å². The van der Waals surface area contributed by atoms with Crippen molar-refractivity contribution in [3.63, 3.8) is 0 Å². The molecule has 2 rings (SSSR count). The van der Waals surface area contributed by atoms with Gasteiger partial charge in [0.25, 0.3) is 5.91 Å². The Balaban J connectivity index is 1.69. The molecule has 0 bridgehead atoms. The fourth-order valence-electron chi connectivity index (χ4n) is 1.84. The highest BCUT2D eigenvalue weighted by atomic mass is 16.6. The van der Waals surface area contributed by atoms with Gasteiger partial charge < -0.3 is 20.1 Å². The first kappa shape index (κ1) is 15.5. The number of esters is 1. The molecule has 2 aliphatic heterocycles. The summed E-state index contributed by atoms with van der Waals surface area (Å²) in [5.74, 6) is -0.914. The number of fused-ring (bicyclic) bond motifs is 1. The molecule has 12 nitrogen and oxygen atoms in total. The standard InChI is InChI=1S/C10H14N8O4/c11-10-15-8-7(9(20)16-10)13-4-18(8)5-21-1-2-22-6(19)3-14-17-12/h4,7-8H,1-3,5H2,(H3,11,15,16,20). The highest BCUT2D eigenvalue weighted by Crippen LogP contribution is 2.17. The van der Waals surface area contributed by atoms with Crippen LogP contribution in [0.1, 0.15) is 0 Å². The van der Waals surface area contributed by atoms with E-state index in [1.807, 2.05) is 0 Å². The van der Waals surface area contributed by atoms with Crippen molar-refractivity contribution in [3.05, 3.63) is 10.4 Å². The van der Waals surface area contributed by atoms with Gasteiger partial charge in [0.2, 0.25) is 0 Å². The summed E-state index contributed by atoms with van der Waals surface area (Å²) in [4.78, 5) is 34.8. The van der Waals surface area contributed by atoms with Gasteiger partial charge in [-0.3, -0.25) is 19.9 Å². The molecule has 0 radical (unpaired) electrons. The Labute approximate surface area is 124 Å². The third kappa shape index (κ3) is 3.84. The fourth-order valence-corrected chi connectivity index (χ4v) is 1.84. The monoisotopic (exact) mass is 310 g/mol. The molecule has 0 saturated carbocycles. The van der Waals surface area contributed by atoms with E-state index in [2.05, 4.69) is 25.3 Å². The average molecular weight is 310 g/mol. The lowest BCUT2D eigenvalue weighted by Crippen LogP contribution is -2.54. The second kappa shape index (κ2) is 7.24. The van der Waals surface area contributed by atoms with Crippen molar-refractivity contribution >= 4 is 24.2 Å². The van der Waals surface area contributed by atoms with Gasteiger partial charge in [-0.1, -0.05) is 5.11 Å². The van der Waals surface area contributed by atoms with Crippen molar-refractivity contribution in [2.24, 2.45) is 20.8 Å². The van der Waals surface area contributed by atoms with Crippen LogP contribution in [0.25, 0.3) is 10.4 Å². The molecule has 0 aromatic carbocycles. The number of nitrogens with one attached hydrogen (secondary N) is 1. The van der Waals surface area contributed by atoms with Crippen LogP contribution in [0.2, 0.25) is 0 Å². The summed E-state index contributed by atoms with van der Waals surface area (Å²) in [6.07, 6.45) is 0.936. The number of nitrogens with two attached hydrogens (primary N) is 1. The summed E-state index contributed by atoms with van der Waals surface area (Å²) in [7, 11) is 0. The Hall–Kier alpha value is -2.85. The molecule has 1 amide bonds. The van der Waals surface area contributed by atoms with Crippen LogP contribution in [0, 0.1) is 0 Å². The first-order chi connectivity index (χ1) is 10.6. The lowest BCUT2D eigenvalue weighted by atomic mass is 10.2. The van der Waals surface area contributed by atoms with Gasteiger partial charge in [-0.15, -0.1) is 0 Å². The van der Waals surface area contributed by atoms with Crippen LogP contribution in [0.5, 0.6) is 0 Å². The second-order valence-corrected chi connectivity index (χ2v) is 4.29. The van der Waals surface area contributed by atoms with E-state index in [1.165, 1.54) is 6.34 Å². The molecule has 118 valence electrons. The molecule has 0 spiro atoms. The molecular weight excluding hydrogens is 296 g/mol. The third-order valence-corrected chi connectivity index (χ3v) is 2.78. The van der Waals surface area contributed by atoms with Gasteiger partial charge in [0, 0.05) is 4.91 Å². The lowest BCUT2D eigenvalue weighted by molar-refractivity contribution is -0.143. The summed E-state index contributed by atoms with van der Waals surface area (Å²) < 4.78 is 10.1. The number of hydrogen-bond acceptors (Lipinski definition) is 9. The molecule has 12 heteroatoms. The van der Waals surface area contributed by atoms with E-state index in [9.17, 15) is 9.59 Å². The number of amides is 1. The maximum atomic E-state index is 11.6. The number of nitrogens with zero attached hydrogens (tertiary/aromatic N) is 6. The third-order valence-electron chi connectivity index (χ3n) is 2.78. The number of carbonyl (C=O) groups excluding carboxylic acids is 2. The Bertz CT molecular complexity index is 555. The molecule has 2 unspecified atom stereocenters. The van der Waals surface area contributed by atoms with E-state index in [0.29, 0.717) is 0 Å². The average Bonchev–Trinajstić information content (AvgIpc) is 2.88. The van der Waals surface area contributed by atoms with Gasteiger partial charge in [0.05, 0.1) is 12.9 Å². The second-order valence-electron chi connectivity index (χ2n) is 4.29. The van der Waals surface area contributed by atoms with Crippen LogP contribution in [-0.4, -0.2) is 67.8 Å². The van der Waals surface area contributed by atoms with Crippen LogP contribution >= 0.6 is 0 Å². The van der Waals surface area contributed by atoms with E-state index >= 15 is 0 Å². The van der Waals surface area contributed by atoms with Crippen LogP contribution < -0.4 is 11.1 Å². The quantitative estimate of drug-likeness (QED) is 0.187. The number of hydrogen-bond donors (Lipinski definition) is 2. The number of aliphatic imine (C=N–C) groups is 2. The minimum Gasteiger partial charge on any atom is -0.463 e. The zero-order valence-corrected chi connectivity index (χ0v) is 11.5. The van der Waals surface area contributed by atoms with Crippen LogP contribution in [0.15, 0.2) is 15.1 Å². The molecule has 3 N–H and O–H groups in total. The summed E-state index contributed by atoms with van der Waals surface area (Å²) in [6, 6.07) is -0.641. The number of azide groups is 1. The molecule has 0 fully saturated rings. The van der Waals surface area contributed by atoms with Crippen molar-refractivity contribution in [2.75, 3.05) is 26.5 Å². The van der Waals surface area contributed by atoms with Crippen LogP contribution in [0.3, 0.4) is 0 Å². The molecule has 22 heavy (non-hydrogen) atoms. The molecule has 2 heterocycles. The fraction of sp³-hybridized carbons (Fsp3) is 0.600. The zero-order chi connectivity index (χ0) is 15.9.